The van der Waals surface area contributed by atoms with Crippen LogP contribution in [-0.2, 0) is 17.6 Å². The minimum Gasteiger partial charge on any atom is -0.332 e. The molecule has 3 rings (SSSR count). The van der Waals surface area contributed by atoms with Gasteiger partial charge in [-0.2, -0.15) is 0 Å². The Morgan fingerprint density at radius 1 is 1.38 bits per heavy atom. The molecule has 0 aromatic carbocycles. The Hall–Kier alpha value is -1.54. The van der Waals surface area contributed by atoms with E-state index in [1.54, 1.807) is 4.90 Å². The number of thioether (sulfide) groups is 1. The van der Waals surface area contributed by atoms with Crippen molar-refractivity contribution >= 4 is 40.2 Å². The molecule has 2 aliphatic rings. The van der Waals surface area contributed by atoms with E-state index in [-0.39, 0.29) is 23.5 Å². The summed E-state index contributed by atoms with van der Waals surface area (Å²) >= 11 is 2.78. The Bertz CT molecular complexity index is 659. The first kappa shape index (κ1) is 17.3. The van der Waals surface area contributed by atoms with E-state index in [9.17, 15) is 14.4 Å². The van der Waals surface area contributed by atoms with Crippen LogP contribution in [0.5, 0.6) is 0 Å². The number of hydrazine groups is 1. The van der Waals surface area contributed by atoms with Crippen LogP contribution >= 0.6 is 23.1 Å². The molecular weight excluding hydrogens is 346 g/mol. The molecule has 0 radical (unpaired) electrons. The van der Waals surface area contributed by atoms with Gasteiger partial charge in [0.05, 0.1) is 4.88 Å². The summed E-state index contributed by atoms with van der Waals surface area (Å²) in [6.45, 7) is 3.30. The molecule has 3 amide bonds. The Morgan fingerprint density at radius 2 is 2.21 bits per heavy atom. The highest BCUT2D eigenvalue weighted by molar-refractivity contribution is 8.13. The van der Waals surface area contributed by atoms with Crippen LogP contribution in [0.2, 0.25) is 0 Å². The van der Waals surface area contributed by atoms with Gasteiger partial charge in [0.25, 0.3) is 11.1 Å². The van der Waals surface area contributed by atoms with Crippen LogP contribution in [-0.4, -0.2) is 40.8 Å². The molecule has 0 saturated carbocycles. The van der Waals surface area contributed by atoms with E-state index >= 15 is 0 Å². The smallest absolute Gasteiger partial charge is 0.281 e. The van der Waals surface area contributed by atoms with Crippen LogP contribution in [0.15, 0.2) is 6.07 Å². The van der Waals surface area contributed by atoms with Gasteiger partial charge < -0.3 is 4.90 Å². The second-order valence-corrected chi connectivity index (χ2v) is 8.44. The third-order valence-corrected chi connectivity index (χ3v) is 6.45. The topological polar surface area (TPSA) is 78.5 Å². The molecule has 2 heterocycles. The van der Waals surface area contributed by atoms with Crippen molar-refractivity contribution in [3.05, 3.63) is 21.4 Å². The van der Waals surface area contributed by atoms with Crippen molar-refractivity contribution in [1.82, 2.24) is 15.8 Å². The molecule has 2 N–H and O–H groups in total. The molecule has 1 aromatic rings. The SMILES string of the molecule is CC1CCc2sc(C(=O)NNC(=O)CCN3CCSC3=O)cc2C1. The van der Waals surface area contributed by atoms with Gasteiger partial charge in [-0.05, 0) is 36.8 Å². The highest BCUT2D eigenvalue weighted by Crippen LogP contribution is 2.32. The maximum absolute atomic E-state index is 12.2. The summed E-state index contributed by atoms with van der Waals surface area (Å²) in [5.41, 5.74) is 6.17. The summed E-state index contributed by atoms with van der Waals surface area (Å²) in [5, 5.41) is 0.0187. The molecule has 0 spiro atoms. The van der Waals surface area contributed by atoms with Crippen LogP contribution in [0, 0.1) is 5.92 Å². The fourth-order valence-corrected chi connectivity index (χ4v) is 4.89. The number of hydrogen-bond donors (Lipinski definition) is 2. The van der Waals surface area contributed by atoms with Crippen LogP contribution in [0.3, 0.4) is 0 Å². The van der Waals surface area contributed by atoms with E-state index in [1.807, 2.05) is 6.07 Å². The Labute approximate surface area is 149 Å². The van der Waals surface area contributed by atoms with Crippen molar-refractivity contribution in [2.75, 3.05) is 18.8 Å². The number of carbonyl (C=O) groups excluding carboxylic acids is 3. The zero-order valence-corrected chi connectivity index (χ0v) is 15.2. The van der Waals surface area contributed by atoms with Gasteiger partial charge in [0, 0.05) is 30.1 Å². The van der Waals surface area contributed by atoms with Crippen molar-refractivity contribution in [2.24, 2.45) is 5.92 Å². The van der Waals surface area contributed by atoms with E-state index in [4.69, 9.17) is 0 Å². The average Bonchev–Trinajstić information content (AvgIpc) is 3.16. The number of amides is 3. The monoisotopic (exact) mass is 367 g/mol. The third kappa shape index (κ3) is 4.10. The first-order valence-corrected chi connectivity index (χ1v) is 9.95. The van der Waals surface area contributed by atoms with Gasteiger partial charge in [0.2, 0.25) is 5.91 Å². The van der Waals surface area contributed by atoms with Crippen molar-refractivity contribution in [3.63, 3.8) is 0 Å². The summed E-state index contributed by atoms with van der Waals surface area (Å²) in [7, 11) is 0. The summed E-state index contributed by atoms with van der Waals surface area (Å²) in [5.74, 6) is 0.874. The third-order valence-electron chi connectivity index (χ3n) is 4.32. The van der Waals surface area contributed by atoms with Crippen LogP contribution < -0.4 is 10.9 Å². The fourth-order valence-electron chi connectivity index (χ4n) is 2.93. The molecule has 1 unspecified atom stereocenters. The standard InChI is InChI=1S/C16H21N3O3S2/c1-10-2-3-12-11(8-10)9-13(24-12)15(21)18-17-14(20)4-5-19-6-7-23-16(19)22/h9-10H,2-8H2,1H3,(H,17,20)(H,18,21). The quantitative estimate of drug-likeness (QED) is 0.800. The van der Waals surface area contributed by atoms with Gasteiger partial charge in [-0.15, -0.1) is 11.3 Å². The van der Waals surface area contributed by atoms with Crippen molar-refractivity contribution < 1.29 is 14.4 Å². The zero-order chi connectivity index (χ0) is 17.1. The number of nitrogens with zero attached hydrogens (tertiary/aromatic N) is 1. The summed E-state index contributed by atoms with van der Waals surface area (Å²) < 4.78 is 0. The number of carbonyl (C=O) groups is 3. The van der Waals surface area contributed by atoms with Crippen LogP contribution in [0.1, 0.15) is 39.9 Å². The molecule has 0 bridgehead atoms. The van der Waals surface area contributed by atoms with Crippen molar-refractivity contribution in [1.29, 1.82) is 0 Å². The highest BCUT2D eigenvalue weighted by atomic mass is 32.2. The molecule has 130 valence electrons. The van der Waals surface area contributed by atoms with Crippen LogP contribution in [0.4, 0.5) is 4.79 Å². The normalized spacial score (nSPS) is 20.0. The predicted octanol–water partition coefficient (Wildman–Crippen LogP) is 2.19. The second-order valence-electron chi connectivity index (χ2n) is 6.26. The van der Waals surface area contributed by atoms with Gasteiger partial charge in [0.15, 0.2) is 0 Å². The van der Waals surface area contributed by atoms with Gasteiger partial charge in [-0.3, -0.25) is 25.2 Å². The number of thiophene rings is 1. The number of rotatable bonds is 4. The lowest BCUT2D eigenvalue weighted by Crippen LogP contribution is -2.42. The first-order valence-electron chi connectivity index (χ1n) is 8.15. The molecule has 1 atom stereocenters. The molecule has 1 aromatic heterocycles. The van der Waals surface area contributed by atoms with Crippen molar-refractivity contribution in [3.8, 4) is 0 Å². The minimum absolute atomic E-state index is 0.0187. The molecule has 1 fully saturated rings. The maximum Gasteiger partial charge on any atom is 0.281 e. The Morgan fingerprint density at radius 3 is 2.96 bits per heavy atom. The van der Waals surface area contributed by atoms with Gasteiger partial charge >= 0.3 is 0 Å². The van der Waals surface area contributed by atoms with Crippen molar-refractivity contribution in [2.45, 2.75) is 32.6 Å². The zero-order valence-electron chi connectivity index (χ0n) is 13.6. The largest absolute Gasteiger partial charge is 0.332 e. The molecule has 1 saturated heterocycles. The van der Waals surface area contributed by atoms with Gasteiger partial charge in [0.1, 0.15) is 0 Å². The molecule has 1 aliphatic carbocycles. The number of fused-ring (bicyclic) bond motifs is 1. The van der Waals surface area contributed by atoms with Gasteiger partial charge in [-0.25, -0.2) is 0 Å². The lowest BCUT2D eigenvalue weighted by Gasteiger charge is -2.16. The van der Waals surface area contributed by atoms with E-state index in [2.05, 4.69) is 17.8 Å². The van der Waals surface area contributed by atoms with Crippen LogP contribution in [0.25, 0.3) is 0 Å². The first-order chi connectivity index (χ1) is 11.5. The summed E-state index contributed by atoms with van der Waals surface area (Å²) in [6, 6.07) is 1.94. The molecule has 6 nitrogen and oxygen atoms in total. The molecular formula is C16H21N3O3S2. The number of nitrogens with one attached hydrogen (secondary N) is 2. The Kier molecular flexibility index (Phi) is 5.45. The molecule has 24 heavy (non-hydrogen) atoms. The average molecular weight is 367 g/mol. The fraction of sp³-hybridized carbons (Fsp3) is 0.562. The van der Waals surface area contributed by atoms with E-state index < -0.39 is 0 Å². The van der Waals surface area contributed by atoms with E-state index in [0.717, 1.165) is 18.6 Å². The summed E-state index contributed by atoms with van der Waals surface area (Å²) in [6.07, 6.45) is 3.40. The number of aryl methyl sites for hydroxylation is 1. The minimum atomic E-state index is -0.289. The highest BCUT2D eigenvalue weighted by Gasteiger charge is 2.22. The Balaban J connectivity index is 1.45. The number of hydrogen-bond acceptors (Lipinski definition) is 5. The second kappa shape index (κ2) is 7.57. The predicted molar refractivity (Wildman–Crippen MR) is 95.2 cm³/mol. The molecule has 8 heteroatoms. The summed E-state index contributed by atoms with van der Waals surface area (Å²) in [4.78, 5) is 39.0. The lowest BCUT2D eigenvalue weighted by molar-refractivity contribution is -0.122. The lowest BCUT2D eigenvalue weighted by atomic mass is 9.90. The van der Waals surface area contributed by atoms with Gasteiger partial charge in [-0.1, -0.05) is 18.7 Å². The molecule has 1 aliphatic heterocycles. The van der Waals surface area contributed by atoms with E-state index in [1.165, 1.54) is 40.0 Å². The van der Waals surface area contributed by atoms with E-state index in [0.29, 0.717) is 23.9 Å². The maximum atomic E-state index is 12.2.